The molecule has 1 saturated carbocycles. The number of rotatable bonds is 5. The number of carbonyl (C=O) groups is 2. The largest absolute Gasteiger partial charge is 0.465 e. The van der Waals surface area contributed by atoms with Crippen molar-refractivity contribution in [1.82, 2.24) is 4.90 Å². The van der Waals surface area contributed by atoms with Crippen molar-refractivity contribution in [3.63, 3.8) is 0 Å². The van der Waals surface area contributed by atoms with Gasteiger partial charge in [0.25, 0.3) is 0 Å². The minimum absolute atomic E-state index is 0.214. The number of carbonyl (C=O) groups excluding carboxylic acids is 1. The monoisotopic (exact) mass is 361 g/mol. The molecule has 2 unspecified atom stereocenters. The number of ether oxygens (including phenoxy) is 1. The topological polar surface area (TPSA) is 87.1 Å². The third-order valence-electron chi connectivity index (χ3n) is 5.90. The second-order valence-corrected chi connectivity index (χ2v) is 7.54. The number of carboxylic acid groups (broad SMARTS) is 1. The second-order valence-electron chi connectivity index (χ2n) is 7.54. The van der Waals surface area contributed by atoms with Crippen molar-refractivity contribution in [3.05, 3.63) is 35.9 Å². The van der Waals surface area contributed by atoms with Crippen LogP contribution in [0.15, 0.2) is 30.3 Å². The molecule has 2 aliphatic rings. The van der Waals surface area contributed by atoms with Crippen LogP contribution in [0.5, 0.6) is 0 Å². The molecule has 1 aromatic rings. The minimum atomic E-state index is -0.888. The minimum Gasteiger partial charge on any atom is -0.465 e. The zero-order chi connectivity index (χ0) is 18.6. The van der Waals surface area contributed by atoms with Crippen molar-refractivity contribution in [2.45, 2.75) is 51.2 Å². The Bertz CT molecular complexity index is 626. The molecule has 3 rings (SSSR count). The highest BCUT2D eigenvalue weighted by Crippen LogP contribution is 2.46. The number of amides is 1. The van der Waals surface area contributed by atoms with E-state index in [-0.39, 0.29) is 18.5 Å². The Labute approximate surface area is 153 Å². The van der Waals surface area contributed by atoms with Gasteiger partial charge in [0.05, 0.1) is 11.5 Å². The number of piperidine rings is 1. The summed E-state index contributed by atoms with van der Waals surface area (Å²) in [5.41, 5.74) is 0.0865. The van der Waals surface area contributed by atoms with Gasteiger partial charge < -0.3 is 19.8 Å². The molecular weight excluding hydrogens is 334 g/mol. The van der Waals surface area contributed by atoms with Gasteiger partial charge >= 0.3 is 12.1 Å². The van der Waals surface area contributed by atoms with E-state index in [0.29, 0.717) is 32.4 Å². The average molecular weight is 361 g/mol. The molecule has 1 saturated heterocycles. The molecule has 0 spiro atoms. The number of hydrogen-bond acceptors (Lipinski definition) is 4. The number of aliphatic hydroxyl groups is 1. The smallest absolute Gasteiger partial charge is 0.407 e. The van der Waals surface area contributed by atoms with Gasteiger partial charge in [-0.25, -0.2) is 4.79 Å². The fraction of sp³-hybridized carbons (Fsp3) is 0.600. The Morgan fingerprint density at radius 1 is 1.15 bits per heavy atom. The molecule has 0 aromatic heterocycles. The lowest BCUT2D eigenvalue weighted by Gasteiger charge is -2.37. The maximum Gasteiger partial charge on any atom is 0.407 e. The number of hydrogen-bond donors (Lipinski definition) is 2. The molecule has 1 aliphatic carbocycles. The van der Waals surface area contributed by atoms with E-state index in [9.17, 15) is 14.7 Å². The fourth-order valence-corrected chi connectivity index (χ4v) is 4.32. The Hall–Kier alpha value is -2.08. The lowest BCUT2D eigenvalue weighted by molar-refractivity contribution is -0.165. The van der Waals surface area contributed by atoms with E-state index in [1.54, 1.807) is 0 Å². The zero-order valence-corrected chi connectivity index (χ0v) is 15.0. The van der Waals surface area contributed by atoms with E-state index in [4.69, 9.17) is 9.84 Å². The summed E-state index contributed by atoms with van der Waals surface area (Å²) in [5.74, 6) is -0.0744. The third kappa shape index (κ3) is 4.01. The van der Waals surface area contributed by atoms with Crippen LogP contribution in [0.3, 0.4) is 0 Å². The van der Waals surface area contributed by atoms with Gasteiger partial charge in [-0.05, 0) is 50.0 Å². The standard InChI is InChI=1S/C20H27NO5/c22-17-7-4-10-20(17,13-15-8-11-21(12-9-15)19(24)25)18(23)26-14-16-5-2-1-3-6-16/h1-3,5-6,15,17,22H,4,7-14H2,(H,24,25). The van der Waals surface area contributed by atoms with Gasteiger partial charge in [-0.3, -0.25) is 4.79 Å². The normalized spacial score (nSPS) is 26.7. The number of nitrogens with zero attached hydrogens (tertiary/aromatic N) is 1. The summed E-state index contributed by atoms with van der Waals surface area (Å²) in [5, 5.41) is 19.7. The molecule has 1 aromatic carbocycles. The van der Waals surface area contributed by atoms with Crippen LogP contribution in [-0.4, -0.2) is 46.4 Å². The molecule has 26 heavy (non-hydrogen) atoms. The van der Waals surface area contributed by atoms with Crippen molar-refractivity contribution in [2.75, 3.05) is 13.1 Å². The summed E-state index contributed by atoms with van der Waals surface area (Å²) in [6, 6.07) is 9.54. The first-order chi connectivity index (χ1) is 12.5. The molecule has 142 valence electrons. The van der Waals surface area contributed by atoms with E-state index >= 15 is 0 Å². The molecule has 6 heteroatoms. The Morgan fingerprint density at radius 2 is 1.85 bits per heavy atom. The van der Waals surface area contributed by atoms with Crippen LogP contribution in [0, 0.1) is 11.3 Å². The predicted octanol–water partition coefficient (Wildman–Crippen LogP) is 3.04. The molecule has 0 bridgehead atoms. The second kappa shape index (κ2) is 8.08. The first-order valence-corrected chi connectivity index (χ1v) is 9.38. The molecule has 6 nitrogen and oxygen atoms in total. The molecule has 1 aliphatic heterocycles. The Balaban J connectivity index is 1.63. The highest BCUT2D eigenvalue weighted by atomic mass is 16.5. The van der Waals surface area contributed by atoms with Crippen molar-refractivity contribution in [2.24, 2.45) is 11.3 Å². The van der Waals surface area contributed by atoms with Crippen LogP contribution in [-0.2, 0) is 16.1 Å². The van der Waals surface area contributed by atoms with Crippen LogP contribution < -0.4 is 0 Å². The molecule has 1 heterocycles. The van der Waals surface area contributed by atoms with Crippen molar-refractivity contribution < 1.29 is 24.5 Å². The highest BCUT2D eigenvalue weighted by molar-refractivity contribution is 5.78. The molecule has 2 N–H and O–H groups in total. The predicted molar refractivity (Wildman–Crippen MR) is 95.5 cm³/mol. The average Bonchev–Trinajstić information content (AvgIpc) is 3.02. The first kappa shape index (κ1) is 18.7. The van der Waals surface area contributed by atoms with Gasteiger partial charge in [0.1, 0.15) is 6.61 Å². The summed E-state index contributed by atoms with van der Waals surface area (Å²) < 4.78 is 5.58. The molecule has 0 radical (unpaired) electrons. The highest BCUT2D eigenvalue weighted by Gasteiger charge is 2.51. The van der Waals surface area contributed by atoms with Gasteiger partial charge in [0, 0.05) is 13.1 Å². The van der Waals surface area contributed by atoms with Crippen molar-refractivity contribution in [3.8, 4) is 0 Å². The lowest BCUT2D eigenvalue weighted by Crippen LogP contribution is -2.44. The lowest BCUT2D eigenvalue weighted by atomic mass is 9.73. The molecule has 2 atom stereocenters. The maximum absolute atomic E-state index is 12.9. The summed E-state index contributed by atoms with van der Waals surface area (Å²) in [6.45, 7) is 1.20. The zero-order valence-electron chi connectivity index (χ0n) is 15.0. The van der Waals surface area contributed by atoms with Crippen molar-refractivity contribution >= 4 is 12.1 Å². The molecular formula is C20H27NO5. The molecule has 2 fully saturated rings. The SMILES string of the molecule is O=C(O)N1CCC(CC2(C(=O)OCc3ccccc3)CCCC2O)CC1. The number of likely N-dealkylation sites (tertiary alicyclic amines) is 1. The first-order valence-electron chi connectivity index (χ1n) is 9.38. The molecule has 1 amide bonds. The number of esters is 1. The summed E-state index contributed by atoms with van der Waals surface area (Å²) in [6.07, 6.45) is 2.55. The van der Waals surface area contributed by atoms with E-state index in [1.807, 2.05) is 30.3 Å². The van der Waals surface area contributed by atoms with Gasteiger partial charge in [0.2, 0.25) is 0 Å². The Morgan fingerprint density at radius 3 is 2.42 bits per heavy atom. The fourth-order valence-electron chi connectivity index (χ4n) is 4.32. The number of aliphatic hydroxyl groups excluding tert-OH is 1. The summed E-state index contributed by atoms with van der Waals surface area (Å²) in [4.78, 5) is 25.4. The van der Waals surface area contributed by atoms with Crippen LogP contribution in [0.1, 0.15) is 44.1 Å². The van der Waals surface area contributed by atoms with Crippen LogP contribution in [0.2, 0.25) is 0 Å². The van der Waals surface area contributed by atoms with Gasteiger partial charge in [-0.2, -0.15) is 0 Å². The van der Waals surface area contributed by atoms with Gasteiger partial charge in [-0.1, -0.05) is 30.3 Å². The Kier molecular flexibility index (Phi) is 5.81. The quantitative estimate of drug-likeness (QED) is 0.787. The maximum atomic E-state index is 12.9. The number of benzene rings is 1. The van der Waals surface area contributed by atoms with E-state index in [0.717, 1.165) is 24.8 Å². The third-order valence-corrected chi connectivity index (χ3v) is 5.90. The van der Waals surface area contributed by atoms with Crippen LogP contribution in [0.25, 0.3) is 0 Å². The van der Waals surface area contributed by atoms with Gasteiger partial charge in [-0.15, -0.1) is 0 Å². The van der Waals surface area contributed by atoms with E-state index < -0.39 is 17.6 Å². The van der Waals surface area contributed by atoms with Crippen LogP contribution >= 0.6 is 0 Å². The summed E-state index contributed by atoms with van der Waals surface area (Å²) >= 11 is 0. The van der Waals surface area contributed by atoms with Gasteiger partial charge in [0.15, 0.2) is 0 Å². The van der Waals surface area contributed by atoms with Crippen LogP contribution in [0.4, 0.5) is 4.79 Å². The van der Waals surface area contributed by atoms with Crippen molar-refractivity contribution in [1.29, 1.82) is 0 Å². The summed E-state index contributed by atoms with van der Waals surface area (Å²) in [7, 11) is 0. The van der Waals surface area contributed by atoms with E-state index in [1.165, 1.54) is 4.90 Å². The van der Waals surface area contributed by atoms with E-state index in [2.05, 4.69) is 0 Å².